The van der Waals surface area contributed by atoms with Gasteiger partial charge in [-0.15, -0.1) is 0 Å². The van der Waals surface area contributed by atoms with Crippen LogP contribution in [0.2, 0.25) is 0 Å². The summed E-state index contributed by atoms with van der Waals surface area (Å²) in [5, 5.41) is 0. The maximum Gasteiger partial charge on any atom is 0.239 e. The van der Waals surface area contributed by atoms with Crippen LogP contribution in [0.25, 0.3) is 0 Å². The van der Waals surface area contributed by atoms with Gasteiger partial charge in [0, 0.05) is 30.9 Å². The molecule has 0 aliphatic heterocycles. The first kappa shape index (κ1) is 14.7. The van der Waals surface area contributed by atoms with Crippen LogP contribution in [0.1, 0.15) is 19.4 Å². The number of aryl methyl sites for hydroxylation is 1. The van der Waals surface area contributed by atoms with Crippen molar-refractivity contribution in [3.8, 4) is 0 Å². The number of hydrazine groups is 1. The molecular weight excluding hydrogens is 228 g/mol. The topological polar surface area (TPSA) is 70.3 Å². The second kappa shape index (κ2) is 6.51. The Balaban J connectivity index is 3.00. The van der Waals surface area contributed by atoms with Crippen molar-refractivity contribution in [2.45, 2.75) is 26.8 Å². The normalized spacial score (nSPS) is 12.6. The largest absolute Gasteiger partial charge is 0.353 e. The SMILES string of the molecule is CCN(c1nc(NN)ncc1C)C(C)CN(C)C. The monoisotopic (exact) mass is 252 g/mol. The second-order valence-corrected chi connectivity index (χ2v) is 4.74. The molecule has 0 radical (unpaired) electrons. The number of nitrogen functional groups attached to an aromatic ring is 1. The quantitative estimate of drug-likeness (QED) is 0.578. The van der Waals surface area contributed by atoms with E-state index < -0.39 is 0 Å². The van der Waals surface area contributed by atoms with E-state index in [1.165, 1.54) is 0 Å². The third-order valence-corrected chi connectivity index (χ3v) is 2.85. The van der Waals surface area contributed by atoms with E-state index >= 15 is 0 Å². The van der Waals surface area contributed by atoms with Gasteiger partial charge >= 0.3 is 0 Å². The number of hydrogen-bond donors (Lipinski definition) is 2. The highest BCUT2D eigenvalue weighted by molar-refractivity contribution is 5.49. The van der Waals surface area contributed by atoms with E-state index in [0.717, 1.165) is 24.5 Å². The summed E-state index contributed by atoms with van der Waals surface area (Å²) in [5.74, 6) is 6.76. The molecule has 0 bridgehead atoms. The average Bonchev–Trinajstić information content (AvgIpc) is 2.31. The summed E-state index contributed by atoms with van der Waals surface area (Å²) in [4.78, 5) is 13.0. The zero-order chi connectivity index (χ0) is 13.7. The number of nitrogens with two attached hydrogens (primary N) is 1. The Bertz CT molecular complexity index is 379. The Morgan fingerprint density at radius 2 is 2.11 bits per heavy atom. The lowest BCUT2D eigenvalue weighted by Crippen LogP contribution is -2.41. The first-order chi connectivity index (χ1) is 8.49. The molecule has 6 nitrogen and oxygen atoms in total. The summed E-state index contributed by atoms with van der Waals surface area (Å²) in [6.07, 6.45) is 1.79. The van der Waals surface area contributed by atoms with E-state index in [-0.39, 0.29) is 0 Å². The zero-order valence-electron chi connectivity index (χ0n) is 11.9. The van der Waals surface area contributed by atoms with Gasteiger partial charge in [-0.1, -0.05) is 0 Å². The lowest BCUT2D eigenvalue weighted by molar-refractivity contribution is 0.372. The molecule has 0 saturated heterocycles. The lowest BCUT2D eigenvalue weighted by Gasteiger charge is -2.32. The van der Waals surface area contributed by atoms with Gasteiger partial charge in [0.25, 0.3) is 0 Å². The van der Waals surface area contributed by atoms with E-state index in [9.17, 15) is 0 Å². The molecule has 0 aliphatic rings. The fraction of sp³-hybridized carbons (Fsp3) is 0.667. The van der Waals surface area contributed by atoms with Gasteiger partial charge in [-0.25, -0.2) is 10.8 Å². The number of likely N-dealkylation sites (N-methyl/N-ethyl adjacent to an activating group) is 2. The summed E-state index contributed by atoms with van der Waals surface area (Å²) < 4.78 is 0. The first-order valence-electron chi connectivity index (χ1n) is 6.21. The van der Waals surface area contributed by atoms with Gasteiger partial charge in [0.15, 0.2) is 0 Å². The molecule has 3 N–H and O–H groups in total. The number of hydrogen-bond acceptors (Lipinski definition) is 6. The predicted molar refractivity (Wildman–Crippen MR) is 75.6 cm³/mol. The number of anilines is 2. The summed E-state index contributed by atoms with van der Waals surface area (Å²) in [5.41, 5.74) is 3.55. The first-order valence-corrected chi connectivity index (χ1v) is 6.21. The molecule has 0 aromatic carbocycles. The van der Waals surface area contributed by atoms with Crippen molar-refractivity contribution in [1.82, 2.24) is 14.9 Å². The Morgan fingerprint density at radius 3 is 2.61 bits per heavy atom. The second-order valence-electron chi connectivity index (χ2n) is 4.74. The van der Waals surface area contributed by atoms with Gasteiger partial charge in [0.05, 0.1) is 0 Å². The van der Waals surface area contributed by atoms with Crippen molar-refractivity contribution in [3.63, 3.8) is 0 Å². The minimum absolute atomic E-state index is 0.379. The van der Waals surface area contributed by atoms with Gasteiger partial charge in [-0.05, 0) is 34.9 Å². The van der Waals surface area contributed by atoms with E-state index in [4.69, 9.17) is 5.84 Å². The highest BCUT2D eigenvalue weighted by atomic mass is 15.3. The minimum Gasteiger partial charge on any atom is -0.353 e. The number of rotatable bonds is 6. The Hall–Kier alpha value is -1.40. The fourth-order valence-corrected chi connectivity index (χ4v) is 2.09. The molecule has 1 heterocycles. The molecule has 1 rings (SSSR count). The Morgan fingerprint density at radius 1 is 1.44 bits per heavy atom. The molecule has 0 spiro atoms. The molecule has 1 aromatic rings. The maximum absolute atomic E-state index is 5.37. The number of nitrogens with one attached hydrogen (secondary N) is 1. The highest BCUT2D eigenvalue weighted by Gasteiger charge is 2.17. The summed E-state index contributed by atoms with van der Waals surface area (Å²) in [6.45, 7) is 8.21. The van der Waals surface area contributed by atoms with Crippen LogP contribution in [0.3, 0.4) is 0 Å². The van der Waals surface area contributed by atoms with Gasteiger partial charge < -0.3 is 9.80 Å². The van der Waals surface area contributed by atoms with Crippen molar-refractivity contribution in [3.05, 3.63) is 11.8 Å². The molecule has 1 atom stereocenters. The molecule has 18 heavy (non-hydrogen) atoms. The Kier molecular flexibility index (Phi) is 5.30. The smallest absolute Gasteiger partial charge is 0.239 e. The van der Waals surface area contributed by atoms with Crippen molar-refractivity contribution >= 4 is 11.8 Å². The van der Waals surface area contributed by atoms with Crippen LogP contribution < -0.4 is 16.2 Å². The molecule has 1 aromatic heterocycles. The molecule has 6 heteroatoms. The molecular formula is C12H24N6. The molecule has 0 saturated carbocycles. The number of aromatic nitrogens is 2. The van der Waals surface area contributed by atoms with Crippen molar-refractivity contribution in [1.29, 1.82) is 0 Å². The molecule has 0 aliphatic carbocycles. The van der Waals surface area contributed by atoms with Crippen molar-refractivity contribution in [2.24, 2.45) is 5.84 Å². The summed E-state index contributed by atoms with van der Waals surface area (Å²) >= 11 is 0. The third kappa shape index (κ3) is 3.54. The van der Waals surface area contributed by atoms with E-state index in [2.05, 4.69) is 53.1 Å². The molecule has 0 amide bonds. The van der Waals surface area contributed by atoms with E-state index in [1.807, 2.05) is 6.92 Å². The lowest BCUT2D eigenvalue weighted by atomic mass is 10.2. The van der Waals surface area contributed by atoms with Crippen LogP contribution >= 0.6 is 0 Å². The summed E-state index contributed by atoms with van der Waals surface area (Å²) in [6, 6.07) is 0.379. The fourth-order valence-electron chi connectivity index (χ4n) is 2.09. The molecule has 0 fully saturated rings. The van der Waals surface area contributed by atoms with Crippen LogP contribution in [0.4, 0.5) is 11.8 Å². The van der Waals surface area contributed by atoms with Gasteiger partial charge in [-0.3, -0.25) is 5.43 Å². The van der Waals surface area contributed by atoms with Gasteiger partial charge in [0.2, 0.25) is 5.95 Å². The van der Waals surface area contributed by atoms with Crippen LogP contribution in [-0.2, 0) is 0 Å². The third-order valence-electron chi connectivity index (χ3n) is 2.85. The van der Waals surface area contributed by atoms with Crippen molar-refractivity contribution < 1.29 is 0 Å². The van der Waals surface area contributed by atoms with Crippen LogP contribution in [-0.4, -0.2) is 48.1 Å². The molecule has 102 valence electrons. The predicted octanol–water partition coefficient (Wildman–Crippen LogP) is 0.847. The van der Waals surface area contributed by atoms with Crippen molar-refractivity contribution in [2.75, 3.05) is 37.5 Å². The maximum atomic E-state index is 5.37. The number of nitrogens with zero attached hydrogens (tertiary/aromatic N) is 4. The van der Waals surface area contributed by atoms with E-state index in [0.29, 0.717) is 12.0 Å². The molecule has 1 unspecified atom stereocenters. The van der Waals surface area contributed by atoms with E-state index in [1.54, 1.807) is 6.20 Å². The van der Waals surface area contributed by atoms with Gasteiger partial charge in [0.1, 0.15) is 5.82 Å². The average molecular weight is 252 g/mol. The standard InChI is InChI=1S/C12H24N6/c1-6-18(10(3)8-17(4)5)11-9(2)7-14-12(15-11)16-13/h7,10H,6,8,13H2,1-5H3,(H,14,15,16). The van der Waals surface area contributed by atoms with Crippen LogP contribution in [0, 0.1) is 6.92 Å². The van der Waals surface area contributed by atoms with Crippen LogP contribution in [0.15, 0.2) is 6.20 Å². The zero-order valence-corrected chi connectivity index (χ0v) is 11.9. The summed E-state index contributed by atoms with van der Waals surface area (Å²) in [7, 11) is 4.15. The van der Waals surface area contributed by atoms with Crippen LogP contribution in [0.5, 0.6) is 0 Å². The minimum atomic E-state index is 0.379. The van der Waals surface area contributed by atoms with Gasteiger partial charge in [-0.2, -0.15) is 4.98 Å². The Labute approximate surface area is 109 Å². The highest BCUT2D eigenvalue weighted by Crippen LogP contribution is 2.20.